The summed E-state index contributed by atoms with van der Waals surface area (Å²) in [6.45, 7) is 3.70. The van der Waals surface area contributed by atoms with Crippen molar-refractivity contribution in [2.24, 2.45) is 5.73 Å². The van der Waals surface area contributed by atoms with Crippen molar-refractivity contribution in [2.45, 2.75) is 26.3 Å². The number of carbonyl (C=O) groups is 3. The second-order valence-electron chi connectivity index (χ2n) is 6.88. The van der Waals surface area contributed by atoms with Gasteiger partial charge in [-0.15, -0.1) is 0 Å². The summed E-state index contributed by atoms with van der Waals surface area (Å²) in [6, 6.07) is 11.1. The number of likely N-dealkylation sites (N-methyl/N-ethyl adjacent to an activating group) is 1. The maximum absolute atomic E-state index is 12.6. The molecule has 2 aromatic rings. The average molecular weight is 417 g/mol. The van der Waals surface area contributed by atoms with Crippen molar-refractivity contribution >= 4 is 35.1 Å². The number of halogens is 1. The van der Waals surface area contributed by atoms with E-state index in [9.17, 15) is 14.4 Å². The highest BCUT2D eigenvalue weighted by Crippen LogP contribution is 2.21. The Kier molecular flexibility index (Phi) is 7.61. The van der Waals surface area contributed by atoms with Crippen molar-refractivity contribution in [3.8, 4) is 0 Å². The van der Waals surface area contributed by atoms with E-state index in [1.54, 1.807) is 24.3 Å². The number of carbonyl (C=O) groups excluding carboxylic acids is 3. The monoisotopic (exact) mass is 416 g/mol. The molecule has 7 nitrogen and oxygen atoms in total. The maximum atomic E-state index is 12.6. The van der Waals surface area contributed by atoms with Gasteiger partial charge in [0.2, 0.25) is 11.8 Å². The number of hydrogen-bond acceptors (Lipinski definition) is 3. The zero-order chi connectivity index (χ0) is 21.6. The second-order valence-corrected chi connectivity index (χ2v) is 7.32. The van der Waals surface area contributed by atoms with Gasteiger partial charge >= 0.3 is 6.03 Å². The van der Waals surface area contributed by atoms with Crippen molar-refractivity contribution in [3.05, 3.63) is 64.2 Å². The van der Waals surface area contributed by atoms with Crippen LogP contribution in [0.25, 0.3) is 0 Å². The molecule has 0 heterocycles. The van der Waals surface area contributed by atoms with Crippen molar-refractivity contribution in [3.63, 3.8) is 0 Å². The number of nitrogens with zero attached hydrogens (tertiary/aromatic N) is 1. The van der Waals surface area contributed by atoms with Crippen LogP contribution in [0.15, 0.2) is 42.5 Å². The molecule has 0 aliphatic carbocycles. The lowest BCUT2D eigenvalue weighted by Gasteiger charge is -2.22. The molecule has 0 aliphatic heterocycles. The number of urea groups is 1. The Morgan fingerprint density at radius 3 is 2.21 bits per heavy atom. The van der Waals surface area contributed by atoms with Crippen molar-refractivity contribution in [1.82, 2.24) is 10.2 Å². The van der Waals surface area contributed by atoms with Crippen LogP contribution in [0.4, 0.5) is 10.5 Å². The summed E-state index contributed by atoms with van der Waals surface area (Å²) in [6.07, 6.45) is -0.0439. The van der Waals surface area contributed by atoms with E-state index >= 15 is 0 Å². The lowest BCUT2D eigenvalue weighted by Crippen LogP contribution is -2.39. The first kappa shape index (κ1) is 22.2. The topological polar surface area (TPSA) is 105 Å². The van der Waals surface area contributed by atoms with Crippen LogP contribution in [-0.2, 0) is 9.59 Å². The number of benzene rings is 2. The van der Waals surface area contributed by atoms with Gasteiger partial charge in [-0.25, -0.2) is 4.79 Å². The zero-order valence-electron chi connectivity index (χ0n) is 16.7. The highest BCUT2D eigenvalue weighted by molar-refractivity contribution is 6.30. The molecule has 8 heteroatoms. The molecule has 1 atom stereocenters. The predicted octanol–water partition coefficient (Wildman–Crippen LogP) is 3.15. The minimum atomic E-state index is -0.742. The highest BCUT2D eigenvalue weighted by atomic mass is 35.5. The third-order valence-corrected chi connectivity index (χ3v) is 4.77. The minimum Gasteiger partial charge on any atom is -0.352 e. The molecule has 4 amide bonds. The van der Waals surface area contributed by atoms with Crippen molar-refractivity contribution in [1.29, 1.82) is 0 Å². The normalized spacial score (nSPS) is 11.4. The van der Waals surface area contributed by atoms with Gasteiger partial charge < -0.3 is 21.3 Å². The van der Waals surface area contributed by atoms with Crippen LogP contribution in [0.5, 0.6) is 0 Å². The Bertz CT molecular complexity index is 879. The Hall–Kier alpha value is -3.06. The quantitative estimate of drug-likeness (QED) is 0.645. The van der Waals surface area contributed by atoms with E-state index in [2.05, 4.69) is 10.6 Å². The Balaban J connectivity index is 2.02. The minimum absolute atomic E-state index is 0.0439. The fraction of sp³-hybridized carbons (Fsp3) is 0.286. The Morgan fingerprint density at radius 2 is 1.66 bits per heavy atom. The SMILES string of the molecule is Cc1cccc(C)c1NC(=O)CN(C)C(=O)CC(NC(N)=O)c1ccc(Cl)cc1. The molecule has 2 rings (SSSR count). The second kappa shape index (κ2) is 9.93. The van der Waals surface area contributed by atoms with Crippen LogP contribution in [0.1, 0.15) is 29.2 Å². The molecular weight excluding hydrogens is 392 g/mol. The Labute approximate surface area is 175 Å². The predicted molar refractivity (Wildman–Crippen MR) is 114 cm³/mol. The van der Waals surface area contributed by atoms with Gasteiger partial charge in [0.25, 0.3) is 0 Å². The molecular formula is C21H25ClN4O3. The fourth-order valence-electron chi connectivity index (χ4n) is 2.94. The van der Waals surface area contributed by atoms with E-state index in [1.165, 1.54) is 11.9 Å². The van der Waals surface area contributed by atoms with E-state index < -0.39 is 12.1 Å². The van der Waals surface area contributed by atoms with E-state index in [0.717, 1.165) is 16.8 Å². The average Bonchev–Trinajstić information content (AvgIpc) is 2.64. The number of anilines is 1. The molecule has 29 heavy (non-hydrogen) atoms. The zero-order valence-corrected chi connectivity index (χ0v) is 17.4. The lowest BCUT2D eigenvalue weighted by atomic mass is 10.0. The van der Waals surface area contributed by atoms with Crippen LogP contribution in [-0.4, -0.2) is 36.3 Å². The molecule has 0 aliphatic rings. The number of nitrogens with one attached hydrogen (secondary N) is 2. The molecule has 4 N–H and O–H groups in total. The van der Waals surface area contributed by atoms with Gasteiger partial charge in [-0.2, -0.15) is 0 Å². The van der Waals surface area contributed by atoms with E-state index in [1.807, 2.05) is 32.0 Å². The molecule has 154 valence electrons. The van der Waals surface area contributed by atoms with E-state index in [-0.39, 0.29) is 24.8 Å². The van der Waals surface area contributed by atoms with Gasteiger partial charge in [-0.3, -0.25) is 9.59 Å². The summed E-state index contributed by atoms with van der Waals surface area (Å²) in [7, 11) is 1.54. The summed E-state index contributed by atoms with van der Waals surface area (Å²) in [5.74, 6) is -0.612. The van der Waals surface area contributed by atoms with Gasteiger partial charge in [0.15, 0.2) is 0 Å². The van der Waals surface area contributed by atoms with Crippen LogP contribution >= 0.6 is 11.6 Å². The van der Waals surface area contributed by atoms with E-state index in [0.29, 0.717) is 10.6 Å². The third-order valence-electron chi connectivity index (χ3n) is 4.52. The van der Waals surface area contributed by atoms with Crippen molar-refractivity contribution in [2.75, 3.05) is 18.9 Å². The first-order chi connectivity index (χ1) is 13.7. The highest BCUT2D eigenvalue weighted by Gasteiger charge is 2.21. The molecule has 0 fully saturated rings. The number of hydrogen-bond donors (Lipinski definition) is 3. The van der Waals surface area contributed by atoms with Crippen LogP contribution < -0.4 is 16.4 Å². The summed E-state index contributed by atoms with van der Waals surface area (Å²) in [5.41, 5.74) is 8.57. The van der Waals surface area contributed by atoms with Gasteiger partial charge in [0, 0.05) is 17.8 Å². The number of para-hydroxylation sites is 1. The van der Waals surface area contributed by atoms with Crippen molar-refractivity contribution < 1.29 is 14.4 Å². The fourth-order valence-corrected chi connectivity index (χ4v) is 3.07. The smallest absolute Gasteiger partial charge is 0.312 e. The number of nitrogens with two attached hydrogens (primary N) is 1. The number of amides is 4. The lowest BCUT2D eigenvalue weighted by molar-refractivity contribution is -0.133. The molecule has 1 unspecified atom stereocenters. The molecule has 0 saturated heterocycles. The molecule has 0 bridgehead atoms. The molecule has 0 radical (unpaired) electrons. The van der Waals surface area contributed by atoms with Gasteiger partial charge in [-0.05, 0) is 42.7 Å². The number of rotatable bonds is 7. The first-order valence-electron chi connectivity index (χ1n) is 9.09. The molecule has 0 spiro atoms. The summed E-state index contributed by atoms with van der Waals surface area (Å²) in [5, 5.41) is 5.95. The Morgan fingerprint density at radius 1 is 1.07 bits per heavy atom. The van der Waals surface area contributed by atoms with Gasteiger partial charge in [0.1, 0.15) is 0 Å². The summed E-state index contributed by atoms with van der Waals surface area (Å²) >= 11 is 5.89. The first-order valence-corrected chi connectivity index (χ1v) is 9.46. The third kappa shape index (κ3) is 6.50. The van der Waals surface area contributed by atoms with Crippen LogP contribution in [0, 0.1) is 13.8 Å². The molecule has 2 aromatic carbocycles. The largest absolute Gasteiger partial charge is 0.352 e. The van der Waals surface area contributed by atoms with E-state index in [4.69, 9.17) is 17.3 Å². The van der Waals surface area contributed by atoms with Crippen LogP contribution in [0.3, 0.4) is 0 Å². The standard InChI is InChI=1S/C21H25ClN4O3/c1-13-5-4-6-14(2)20(13)25-18(27)12-26(3)19(28)11-17(24-21(23)29)15-7-9-16(22)10-8-15/h4-10,17H,11-12H2,1-3H3,(H,25,27)(H3,23,24,29). The summed E-state index contributed by atoms with van der Waals surface area (Å²) < 4.78 is 0. The van der Waals surface area contributed by atoms with Crippen LogP contribution in [0.2, 0.25) is 5.02 Å². The number of primary amides is 1. The molecule has 0 saturated carbocycles. The summed E-state index contributed by atoms with van der Waals surface area (Å²) in [4.78, 5) is 37.7. The number of aryl methyl sites for hydroxylation is 2. The van der Waals surface area contributed by atoms with Gasteiger partial charge in [-0.1, -0.05) is 41.9 Å². The molecule has 0 aromatic heterocycles. The maximum Gasteiger partial charge on any atom is 0.312 e. The van der Waals surface area contributed by atoms with Gasteiger partial charge in [0.05, 0.1) is 19.0 Å².